The number of carbonyl (C=O) groups excluding carboxylic acids is 3. The van der Waals surface area contributed by atoms with Gasteiger partial charge in [-0.2, -0.15) is 0 Å². The number of para-hydroxylation sites is 1. The minimum absolute atomic E-state index is 0.0176. The van der Waals surface area contributed by atoms with Crippen molar-refractivity contribution in [3.05, 3.63) is 65.9 Å². The lowest BCUT2D eigenvalue weighted by Gasteiger charge is -2.25. The lowest BCUT2D eigenvalue weighted by atomic mass is 10.0. The second kappa shape index (κ2) is 13.6. The van der Waals surface area contributed by atoms with E-state index < -0.39 is 60.6 Å². The summed E-state index contributed by atoms with van der Waals surface area (Å²) < 4.78 is 0. The second-order valence-corrected chi connectivity index (χ2v) is 9.40. The number of carboxylic acids is 1. The second-order valence-electron chi connectivity index (χ2n) is 9.40. The maximum Gasteiger partial charge on any atom is 0.326 e. The average molecular weight is 556 g/mol. The number of aliphatic hydroxyl groups is 2. The summed E-state index contributed by atoms with van der Waals surface area (Å²) in [6.45, 7) is 0.446. The van der Waals surface area contributed by atoms with Gasteiger partial charge in [-0.05, 0) is 36.2 Å². The summed E-state index contributed by atoms with van der Waals surface area (Å²) in [4.78, 5) is 53.6. The lowest BCUT2D eigenvalue weighted by Crippen LogP contribution is -2.59. The molecule has 214 valence electrons. The van der Waals surface area contributed by atoms with E-state index in [2.05, 4.69) is 20.9 Å². The highest BCUT2D eigenvalue weighted by molar-refractivity contribution is 5.94. The number of amides is 3. The Bertz CT molecular complexity index is 1340. The summed E-state index contributed by atoms with van der Waals surface area (Å²) in [6, 6.07) is 7.58. The van der Waals surface area contributed by atoms with Crippen LogP contribution in [0, 0.1) is 0 Å². The number of fused-ring (bicyclic) bond motifs is 1. The number of carbonyl (C=O) groups is 4. The van der Waals surface area contributed by atoms with Gasteiger partial charge in [-0.3, -0.25) is 14.4 Å². The fourth-order valence-corrected chi connectivity index (χ4v) is 4.02. The summed E-state index contributed by atoms with van der Waals surface area (Å²) in [5.74, 6) is -3.96. The molecule has 0 aliphatic heterocycles. The first-order chi connectivity index (χ1) is 19.0. The first kappa shape index (κ1) is 30.1. The van der Waals surface area contributed by atoms with Crippen LogP contribution in [-0.2, 0) is 32.0 Å². The number of aromatic amines is 1. The maximum atomic E-state index is 13.3. The van der Waals surface area contributed by atoms with E-state index in [9.17, 15) is 39.6 Å². The van der Waals surface area contributed by atoms with Crippen molar-refractivity contribution in [3.63, 3.8) is 0 Å². The van der Waals surface area contributed by atoms with E-state index in [1.54, 1.807) is 6.20 Å². The molecule has 10 N–H and O–H groups in total. The number of phenols is 1. The van der Waals surface area contributed by atoms with Gasteiger partial charge in [-0.15, -0.1) is 0 Å². The van der Waals surface area contributed by atoms with Crippen molar-refractivity contribution in [2.45, 2.75) is 50.0 Å². The molecule has 0 saturated heterocycles. The number of hydrogen-bond acceptors (Lipinski definition) is 8. The first-order valence-corrected chi connectivity index (χ1v) is 12.5. The molecule has 1 aromatic heterocycles. The molecule has 0 bridgehead atoms. The van der Waals surface area contributed by atoms with Crippen LogP contribution in [0.3, 0.4) is 0 Å². The van der Waals surface area contributed by atoms with Crippen LogP contribution in [-0.4, -0.2) is 86.0 Å². The number of nitrogens with two attached hydrogens (primary N) is 1. The van der Waals surface area contributed by atoms with Gasteiger partial charge in [0.2, 0.25) is 17.7 Å². The van der Waals surface area contributed by atoms with Gasteiger partial charge in [-0.1, -0.05) is 30.3 Å². The molecule has 0 radical (unpaired) electrons. The predicted molar refractivity (Wildman–Crippen MR) is 144 cm³/mol. The van der Waals surface area contributed by atoms with Crippen molar-refractivity contribution >= 4 is 34.6 Å². The number of hydrogen-bond donors (Lipinski definition) is 9. The lowest BCUT2D eigenvalue weighted by molar-refractivity contribution is -0.142. The number of phenolic OH excluding ortho intramolecular Hbond substituents is 1. The van der Waals surface area contributed by atoms with Crippen molar-refractivity contribution in [1.82, 2.24) is 20.9 Å². The average Bonchev–Trinajstić information content (AvgIpc) is 3.33. The number of aromatic nitrogens is 1. The number of H-pyrrole nitrogens is 1. The molecule has 2 aromatic carbocycles. The van der Waals surface area contributed by atoms with Crippen LogP contribution in [0.2, 0.25) is 0 Å². The molecule has 0 saturated carbocycles. The minimum atomic E-state index is -1.51. The van der Waals surface area contributed by atoms with E-state index >= 15 is 0 Å². The Morgan fingerprint density at radius 3 is 2.10 bits per heavy atom. The van der Waals surface area contributed by atoms with Gasteiger partial charge in [0.05, 0.1) is 12.7 Å². The molecule has 5 atom stereocenters. The fraction of sp³-hybridized carbons (Fsp3) is 0.333. The first-order valence-electron chi connectivity index (χ1n) is 12.5. The number of rotatable bonds is 13. The molecule has 1 heterocycles. The summed E-state index contributed by atoms with van der Waals surface area (Å²) in [7, 11) is 0. The zero-order chi connectivity index (χ0) is 29.4. The third kappa shape index (κ3) is 7.79. The highest BCUT2D eigenvalue weighted by atomic mass is 16.4. The Balaban J connectivity index is 1.80. The van der Waals surface area contributed by atoms with E-state index in [0.29, 0.717) is 11.1 Å². The van der Waals surface area contributed by atoms with Gasteiger partial charge in [0, 0.05) is 29.9 Å². The zero-order valence-electron chi connectivity index (χ0n) is 21.7. The molecule has 5 unspecified atom stereocenters. The van der Waals surface area contributed by atoms with Gasteiger partial charge in [0.15, 0.2) is 0 Å². The predicted octanol–water partition coefficient (Wildman–Crippen LogP) is -1.10. The van der Waals surface area contributed by atoms with Crippen LogP contribution >= 0.6 is 0 Å². The molecular weight excluding hydrogens is 522 g/mol. The molecule has 0 aliphatic rings. The van der Waals surface area contributed by atoms with Gasteiger partial charge >= 0.3 is 5.97 Å². The van der Waals surface area contributed by atoms with E-state index in [0.717, 1.165) is 10.9 Å². The van der Waals surface area contributed by atoms with Crippen molar-refractivity contribution < 1.29 is 39.6 Å². The zero-order valence-corrected chi connectivity index (χ0v) is 21.7. The Morgan fingerprint density at radius 1 is 0.875 bits per heavy atom. The summed E-state index contributed by atoms with van der Waals surface area (Å²) in [5, 5.41) is 46.6. The SMILES string of the molecule is CC(O)C(N)C(=O)NC(CO)C(=O)NC(Cc1ccc(O)cc1)C(=O)NC(Cc1c[nH]c2ccccc12)C(=O)O. The third-order valence-electron chi connectivity index (χ3n) is 6.36. The van der Waals surface area contributed by atoms with E-state index in [4.69, 9.17) is 5.73 Å². The normalized spacial score (nSPS) is 14.9. The topological polar surface area (TPSA) is 227 Å². The molecule has 3 amide bonds. The van der Waals surface area contributed by atoms with Gasteiger partial charge in [0.25, 0.3) is 0 Å². The summed E-state index contributed by atoms with van der Waals surface area (Å²) in [5.41, 5.74) is 7.58. The quantitative estimate of drug-likeness (QED) is 0.124. The third-order valence-corrected chi connectivity index (χ3v) is 6.36. The van der Waals surface area contributed by atoms with Crippen LogP contribution < -0.4 is 21.7 Å². The number of benzene rings is 2. The smallest absolute Gasteiger partial charge is 0.326 e. The molecule has 40 heavy (non-hydrogen) atoms. The Labute approximate surface area is 229 Å². The van der Waals surface area contributed by atoms with E-state index in [1.165, 1.54) is 31.2 Å². The van der Waals surface area contributed by atoms with Crippen molar-refractivity contribution in [2.75, 3.05) is 6.61 Å². The maximum absolute atomic E-state index is 13.3. The standard InChI is InChI=1S/C27H33N5O8/c1-14(34)23(28)26(38)32-22(13-33)25(37)30-20(10-15-6-8-17(35)9-7-15)24(36)31-21(27(39)40)11-16-12-29-19-5-3-2-4-18(16)19/h2-9,12,14,20-23,29,33-35H,10-11,13,28H2,1H3,(H,30,37)(H,31,36)(H,32,38)(H,39,40). The number of aliphatic carboxylic acids is 1. The molecular formula is C27H33N5O8. The number of aliphatic hydroxyl groups excluding tert-OH is 2. The van der Waals surface area contributed by atoms with Gasteiger partial charge in [-0.25, -0.2) is 4.79 Å². The van der Waals surface area contributed by atoms with Crippen molar-refractivity contribution in [2.24, 2.45) is 5.73 Å². The van der Waals surface area contributed by atoms with E-state index in [-0.39, 0.29) is 18.6 Å². The van der Waals surface area contributed by atoms with Crippen LogP contribution in [0.1, 0.15) is 18.1 Å². The molecule has 0 fully saturated rings. The number of carboxylic acid groups (broad SMARTS) is 1. The number of aromatic hydroxyl groups is 1. The Morgan fingerprint density at radius 2 is 1.48 bits per heavy atom. The molecule has 13 heteroatoms. The molecule has 0 aliphatic carbocycles. The van der Waals surface area contributed by atoms with Gasteiger partial charge in [0.1, 0.15) is 29.9 Å². The van der Waals surface area contributed by atoms with Crippen LogP contribution in [0.4, 0.5) is 0 Å². The van der Waals surface area contributed by atoms with Crippen LogP contribution in [0.25, 0.3) is 10.9 Å². The minimum Gasteiger partial charge on any atom is -0.508 e. The van der Waals surface area contributed by atoms with E-state index in [1.807, 2.05) is 24.3 Å². The largest absolute Gasteiger partial charge is 0.508 e. The van der Waals surface area contributed by atoms with Crippen LogP contribution in [0.5, 0.6) is 5.75 Å². The van der Waals surface area contributed by atoms with Crippen molar-refractivity contribution in [3.8, 4) is 5.75 Å². The fourth-order valence-electron chi connectivity index (χ4n) is 4.02. The van der Waals surface area contributed by atoms with Gasteiger partial charge < -0.3 is 47.1 Å². The summed E-state index contributed by atoms with van der Waals surface area (Å²) in [6.07, 6.45) is 0.295. The molecule has 13 nitrogen and oxygen atoms in total. The molecule has 0 spiro atoms. The Kier molecular flexibility index (Phi) is 10.2. The molecule has 3 aromatic rings. The Hall–Kier alpha value is -4.46. The van der Waals surface area contributed by atoms with Crippen molar-refractivity contribution in [1.29, 1.82) is 0 Å². The monoisotopic (exact) mass is 555 g/mol. The number of nitrogens with one attached hydrogen (secondary N) is 4. The molecule has 3 rings (SSSR count). The highest BCUT2D eigenvalue weighted by Crippen LogP contribution is 2.19. The summed E-state index contributed by atoms with van der Waals surface area (Å²) >= 11 is 0. The van der Waals surface area contributed by atoms with Crippen LogP contribution in [0.15, 0.2) is 54.7 Å². The highest BCUT2D eigenvalue weighted by Gasteiger charge is 2.31.